The molecule has 8 heteroatoms. The third kappa shape index (κ3) is 3.13. The van der Waals surface area contributed by atoms with Crippen LogP contribution in [0.2, 0.25) is 0 Å². The summed E-state index contributed by atoms with van der Waals surface area (Å²) in [6.07, 6.45) is 6.91. The van der Waals surface area contributed by atoms with Gasteiger partial charge in [0.2, 0.25) is 0 Å². The summed E-state index contributed by atoms with van der Waals surface area (Å²) >= 11 is 0. The zero-order chi connectivity index (χ0) is 25.7. The Morgan fingerprint density at radius 2 is 1.97 bits per heavy atom. The molecule has 0 amide bonds. The van der Waals surface area contributed by atoms with Crippen molar-refractivity contribution in [3.8, 4) is 0 Å². The van der Waals surface area contributed by atoms with E-state index in [-0.39, 0.29) is 47.1 Å². The number of carbonyl (C=O) groups is 2. The Morgan fingerprint density at radius 3 is 2.67 bits per heavy atom. The highest BCUT2D eigenvalue weighted by molar-refractivity contribution is 5.72. The molecule has 1 N–H and O–H groups in total. The minimum Gasteiger partial charge on any atom is -0.479 e. The monoisotopic (exact) mass is 504 g/mol. The molecule has 8 nitrogen and oxygen atoms in total. The second-order valence-corrected chi connectivity index (χ2v) is 12.7. The fraction of sp³-hybridized carbons (Fsp3) is 0.857. The van der Waals surface area contributed by atoms with Crippen LogP contribution in [-0.4, -0.2) is 60.6 Å². The lowest BCUT2D eigenvalue weighted by Crippen LogP contribution is -2.60. The van der Waals surface area contributed by atoms with Crippen LogP contribution in [0.3, 0.4) is 0 Å². The van der Waals surface area contributed by atoms with Crippen LogP contribution in [0.15, 0.2) is 11.6 Å². The summed E-state index contributed by atoms with van der Waals surface area (Å²) in [6, 6.07) is 0. The molecule has 6 aliphatic rings. The zero-order valence-electron chi connectivity index (χ0n) is 22.1. The summed E-state index contributed by atoms with van der Waals surface area (Å²) in [5.74, 6) is -1.44. The Balaban J connectivity index is 1.27. The molecular formula is C28H40O8. The van der Waals surface area contributed by atoms with Crippen molar-refractivity contribution in [1.29, 1.82) is 0 Å². The van der Waals surface area contributed by atoms with E-state index in [1.807, 2.05) is 0 Å². The summed E-state index contributed by atoms with van der Waals surface area (Å²) in [4.78, 5) is 23.6. The van der Waals surface area contributed by atoms with Gasteiger partial charge < -0.3 is 28.8 Å². The number of carbonyl (C=O) groups excluding carboxylic acids is 1. The molecule has 0 aromatic heterocycles. The number of allylic oxidation sites excluding steroid dienone is 2. The minimum atomic E-state index is -1.02. The van der Waals surface area contributed by atoms with Gasteiger partial charge in [0.05, 0.1) is 38.3 Å². The number of rotatable bonds is 6. The second kappa shape index (κ2) is 8.01. The lowest BCUT2D eigenvalue weighted by Gasteiger charge is -2.59. The SMILES string of the molecule is COC(=O)CC(OC(C)C(=O)O)C1CCC2(C)C(=CCC3C2CCC2(C)C4C5COC4(C)OC32O5)C1. The van der Waals surface area contributed by atoms with Crippen LogP contribution in [0.5, 0.6) is 0 Å². The van der Waals surface area contributed by atoms with E-state index in [4.69, 9.17) is 23.7 Å². The number of methoxy groups -OCH3 is 1. The number of fused-ring (bicyclic) bond motifs is 3. The van der Waals surface area contributed by atoms with Crippen molar-refractivity contribution in [3.05, 3.63) is 11.6 Å². The number of ether oxygens (including phenoxy) is 5. The van der Waals surface area contributed by atoms with E-state index in [0.29, 0.717) is 12.5 Å². The Labute approximate surface area is 213 Å². The van der Waals surface area contributed by atoms with E-state index in [1.54, 1.807) is 0 Å². The van der Waals surface area contributed by atoms with Gasteiger partial charge in [0.25, 0.3) is 0 Å². The van der Waals surface area contributed by atoms with Crippen molar-refractivity contribution in [3.63, 3.8) is 0 Å². The Kier molecular flexibility index (Phi) is 5.53. The fourth-order valence-electron chi connectivity index (χ4n) is 9.38. The standard InChI is InChI=1S/C28H40O8/c1-15(24(30)31)34-20(13-22(29)32-5)16-8-10-25(2)17(12-16)6-7-19-18(25)9-11-26(3)23-21-14-33-27(23,4)36-28(19,26)35-21/h6,15-16,18-21,23H,7-14H2,1-5H3,(H,30,31). The average Bonchev–Trinajstić information content (AvgIpc) is 3.31. The van der Waals surface area contributed by atoms with Crippen LogP contribution in [0.1, 0.15) is 72.6 Å². The Hall–Kier alpha value is -1.48. The highest BCUT2D eigenvalue weighted by Gasteiger charge is 2.83. The van der Waals surface area contributed by atoms with Gasteiger partial charge in [-0.1, -0.05) is 25.5 Å². The van der Waals surface area contributed by atoms with E-state index in [9.17, 15) is 14.7 Å². The first-order valence-electron chi connectivity index (χ1n) is 13.6. The third-order valence-electron chi connectivity index (χ3n) is 11.1. The normalized spacial score (nSPS) is 49.9. The van der Waals surface area contributed by atoms with Gasteiger partial charge >= 0.3 is 11.9 Å². The molecule has 3 aliphatic heterocycles. The maximum absolute atomic E-state index is 12.1. The van der Waals surface area contributed by atoms with Crippen molar-refractivity contribution < 1.29 is 38.4 Å². The van der Waals surface area contributed by atoms with Crippen molar-refractivity contribution in [2.75, 3.05) is 13.7 Å². The molecule has 11 atom stereocenters. The van der Waals surface area contributed by atoms with Crippen LogP contribution in [0.25, 0.3) is 0 Å². The molecule has 0 radical (unpaired) electrons. The lowest BCUT2D eigenvalue weighted by atomic mass is 9.47. The largest absolute Gasteiger partial charge is 0.479 e. The lowest BCUT2D eigenvalue weighted by molar-refractivity contribution is -0.358. The molecule has 200 valence electrons. The molecule has 3 heterocycles. The Morgan fingerprint density at radius 1 is 1.19 bits per heavy atom. The average molecular weight is 505 g/mol. The molecule has 5 fully saturated rings. The summed E-state index contributed by atoms with van der Waals surface area (Å²) in [7, 11) is 1.36. The summed E-state index contributed by atoms with van der Waals surface area (Å²) in [5, 5.41) is 9.40. The van der Waals surface area contributed by atoms with E-state index in [0.717, 1.165) is 38.5 Å². The first kappa shape index (κ1) is 24.8. The van der Waals surface area contributed by atoms with Gasteiger partial charge in [-0.15, -0.1) is 0 Å². The molecule has 36 heavy (non-hydrogen) atoms. The molecule has 11 unspecified atom stereocenters. The maximum Gasteiger partial charge on any atom is 0.332 e. The van der Waals surface area contributed by atoms with E-state index >= 15 is 0 Å². The number of carboxylic acids is 1. The van der Waals surface area contributed by atoms with Gasteiger partial charge in [-0.3, -0.25) is 4.79 Å². The highest BCUT2D eigenvalue weighted by atomic mass is 16.8. The highest BCUT2D eigenvalue weighted by Crippen LogP contribution is 2.76. The Bertz CT molecular complexity index is 994. The van der Waals surface area contributed by atoms with Gasteiger partial charge in [-0.2, -0.15) is 0 Å². The van der Waals surface area contributed by atoms with Gasteiger partial charge in [-0.25, -0.2) is 4.79 Å². The number of aliphatic carboxylic acids is 1. The zero-order valence-corrected chi connectivity index (χ0v) is 22.1. The third-order valence-corrected chi connectivity index (χ3v) is 11.1. The van der Waals surface area contributed by atoms with Crippen LogP contribution in [0, 0.1) is 34.5 Å². The van der Waals surface area contributed by atoms with Crippen LogP contribution in [-0.2, 0) is 33.3 Å². The predicted molar refractivity (Wildman–Crippen MR) is 128 cm³/mol. The van der Waals surface area contributed by atoms with Gasteiger partial charge in [0, 0.05) is 11.3 Å². The van der Waals surface area contributed by atoms with Gasteiger partial charge in [0.15, 0.2) is 17.7 Å². The van der Waals surface area contributed by atoms with Crippen LogP contribution in [0.4, 0.5) is 0 Å². The predicted octanol–water partition coefficient (Wildman–Crippen LogP) is 4.06. The summed E-state index contributed by atoms with van der Waals surface area (Å²) < 4.78 is 30.6. The molecule has 2 bridgehead atoms. The second-order valence-electron chi connectivity index (χ2n) is 12.7. The first-order chi connectivity index (χ1) is 17.0. The fourth-order valence-corrected chi connectivity index (χ4v) is 9.38. The molecule has 0 spiro atoms. The minimum absolute atomic E-state index is 0.0257. The maximum atomic E-state index is 12.1. The molecule has 3 saturated heterocycles. The van der Waals surface area contributed by atoms with Crippen molar-refractivity contribution >= 4 is 11.9 Å². The van der Waals surface area contributed by atoms with Crippen LogP contribution < -0.4 is 0 Å². The van der Waals surface area contributed by atoms with Crippen LogP contribution >= 0.6 is 0 Å². The molecule has 2 saturated carbocycles. The first-order valence-corrected chi connectivity index (χ1v) is 13.6. The molecule has 6 rings (SSSR count). The molecule has 0 aromatic carbocycles. The van der Waals surface area contributed by atoms with Gasteiger partial charge in [-0.05, 0) is 69.6 Å². The molecule has 0 aromatic rings. The quantitative estimate of drug-likeness (QED) is 0.427. The number of carboxylic acid groups (broad SMARTS) is 1. The van der Waals surface area contributed by atoms with E-state index < -0.39 is 29.8 Å². The van der Waals surface area contributed by atoms with Crippen molar-refractivity contribution in [2.45, 2.75) is 103 Å². The summed E-state index contributed by atoms with van der Waals surface area (Å²) in [5.41, 5.74) is 1.41. The number of hydrogen-bond acceptors (Lipinski definition) is 7. The number of esters is 1. The smallest absolute Gasteiger partial charge is 0.332 e. The van der Waals surface area contributed by atoms with Crippen molar-refractivity contribution in [1.82, 2.24) is 0 Å². The summed E-state index contributed by atoms with van der Waals surface area (Å²) in [6.45, 7) is 9.01. The van der Waals surface area contributed by atoms with E-state index in [2.05, 4.69) is 26.8 Å². The van der Waals surface area contributed by atoms with E-state index in [1.165, 1.54) is 19.6 Å². The number of hydrogen-bond donors (Lipinski definition) is 1. The molecule has 3 aliphatic carbocycles. The van der Waals surface area contributed by atoms with Gasteiger partial charge in [0.1, 0.15) is 0 Å². The topological polar surface area (TPSA) is 101 Å². The van der Waals surface area contributed by atoms with Crippen molar-refractivity contribution in [2.24, 2.45) is 34.5 Å². The molecular weight excluding hydrogens is 464 g/mol.